The Bertz CT molecular complexity index is 1550. The second kappa shape index (κ2) is 12.2. The highest BCUT2D eigenvalue weighted by Crippen LogP contribution is 2.41. The van der Waals surface area contributed by atoms with E-state index in [4.69, 9.17) is 9.47 Å². The van der Waals surface area contributed by atoms with Crippen LogP contribution in [0.3, 0.4) is 0 Å². The SMILES string of the molecule is CS(=O)(=O)c1ccc(-c2ccc3cc(O)ccc3c2Oc2ccc(OCCN3CCCCC3)cc2)cc1F.Cl. The molecule has 0 atom stereocenters. The number of aromatic hydroxyl groups is 1. The molecule has 4 aromatic carbocycles. The Balaban J connectivity index is 0.00000353. The number of halogens is 2. The summed E-state index contributed by atoms with van der Waals surface area (Å²) < 4.78 is 50.8. The molecule has 39 heavy (non-hydrogen) atoms. The first-order chi connectivity index (χ1) is 18.3. The Morgan fingerprint density at radius 3 is 2.31 bits per heavy atom. The van der Waals surface area contributed by atoms with E-state index in [9.17, 15) is 17.9 Å². The Morgan fingerprint density at radius 2 is 1.62 bits per heavy atom. The first-order valence-electron chi connectivity index (χ1n) is 12.7. The van der Waals surface area contributed by atoms with Gasteiger partial charge >= 0.3 is 0 Å². The zero-order valence-corrected chi connectivity index (χ0v) is 23.2. The molecule has 1 aliphatic rings. The number of hydrogen-bond donors (Lipinski definition) is 1. The molecule has 1 aliphatic heterocycles. The second-order valence-electron chi connectivity index (χ2n) is 9.59. The van der Waals surface area contributed by atoms with Crippen molar-refractivity contribution in [2.45, 2.75) is 24.2 Å². The van der Waals surface area contributed by atoms with Gasteiger partial charge in [0.1, 0.15) is 40.3 Å². The Hall–Kier alpha value is -3.33. The van der Waals surface area contributed by atoms with Gasteiger partial charge < -0.3 is 14.6 Å². The van der Waals surface area contributed by atoms with Gasteiger partial charge in [-0.05, 0) is 97.5 Å². The monoisotopic (exact) mass is 571 g/mol. The molecule has 6 nitrogen and oxygen atoms in total. The van der Waals surface area contributed by atoms with Gasteiger partial charge in [0.2, 0.25) is 0 Å². The molecular formula is C30H31ClFNO5S. The maximum Gasteiger partial charge on any atom is 0.178 e. The van der Waals surface area contributed by atoms with E-state index in [1.165, 1.54) is 31.4 Å². The molecule has 5 rings (SSSR count). The molecule has 0 radical (unpaired) electrons. The summed E-state index contributed by atoms with van der Waals surface area (Å²) in [4.78, 5) is 2.07. The van der Waals surface area contributed by atoms with Gasteiger partial charge in [0, 0.05) is 23.8 Å². The summed E-state index contributed by atoms with van der Waals surface area (Å²) in [6.07, 6.45) is 4.77. The third-order valence-corrected chi connectivity index (χ3v) is 7.89. The molecule has 9 heteroatoms. The zero-order valence-electron chi connectivity index (χ0n) is 21.6. The number of rotatable bonds is 8. The van der Waals surface area contributed by atoms with Crippen molar-refractivity contribution >= 4 is 33.0 Å². The van der Waals surface area contributed by atoms with Crippen LogP contribution in [0.1, 0.15) is 19.3 Å². The van der Waals surface area contributed by atoms with Gasteiger partial charge in [-0.15, -0.1) is 12.4 Å². The Kier molecular flexibility index (Phi) is 9.00. The van der Waals surface area contributed by atoms with Gasteiger partial charge in [0.05, 0.1) is 0 Å². The minimum Gasteiger partial charge on any atom is -0.508 e. The second-order valence-corrected chi connectivity index (χ2v) is 11.6. The number of fused-ring (bicyclic) bond motifs is 1. The molecule has 0 unspecified atom stereocenters. The van der Waals surface area contributed by atoms with Crippen molar-refractivity contribution in [2.75, 3.05) is 32.5 Å². The predicted molar refractivity (Wildman–Crippen MR) is 154 cm³/mol. The van der Waals surface area contributed by atoms with Crippen LogP contribution < -0.4 is 9.47 Å². The van der Waals surface area contributed by atoms with Crippen LogP contribution in [0.4, 0.5) is 4.39 Å². The van der Waals surface area contributed by atoms with Crippen LogP contribution in [-0.4, -0.2) is 50.9 Å². The molecule has 1 saturated heterocycles. The van der Waals surface area contributed by atoms with Crippen molar-refractivity contribution in [2.24, 2.45) is 0 Å². The smallest absolute Gasteiger partial charge is 0.178 e. The van der Waals surface area contributed by atoms with Crippen molar-refractivity contribution < 1.29 is 27.4 Å². The Labute approximate surface area is 234 Å². The van der Waals surface area contributed by atoms with Crippen LogP contribution in [0.25, 0.3) is 21.9 Å². The molecule has 0 spiro atoms. The third-order valence-electron chi connectivity index (χ3n) is 6.76. The van der Waals surface area contributed by atoms with Crippen molar-refractivity contribution in [3.05, 3.63) is 78.6 Å². The van der Waals surface area contributed by atoms with Gasteiger partial charge in [0.25, 0.3) is 0 Å². The molecule has 0 bridgehead atoms. The van der Waals surface area contributed by atoms with Crippen LogP contribution in [0, 0.1) is 5.82 Å². The number of phenols is 1. The van der Waals surface area contributed by atoms with Gasteiger partial charge in [0.15, 0.2) is 9.84 Å². The van der Waals surface area contributed by atoms with E-state index in [1.807, 2.05) is 24.3 Å². The number of likely N-dealkylation sites (tertiary alicyclic amines) is 1. The maximum absolute atomic E-state index is 14.8. The Morgan fingerprint density at radius 1 is 0.897 bits per heavy atom. The first-order valence-corrected chi connectivity index (χ1v) is 14.6. The highest BCUT2D eigenvalue weighted by Gasteiger charge is 2.18. The van der Waals surface area contributed by atoms with E-state index >= 15 is 0 Å². The van der Waals surface area contributed by atoms with Crippen LogP contribution in [0.5, 0.6) is 23.0 Å². The lowest BCUT2D eigenvalue weighted by Crippen LogP contribution is -2.33. The quantitative estimate of drug-likeness (QED) is 0.250. The fraction of sp³-hybridized carbons (Fsp3) is 0.267. The number of phenolic OH excluding ortho intramolecular Hbond substituents is 1. The van der Waals surface area contributed by atoms with E-state index in [0.717, 1.165) is 42.4 Å². The first kappa shape index (κ1) is 28.7. The van der Waals surface area contributed by atoms with Crippen LogP contribution in [0.15, 0.2) is 77.7 Å². The highest BCUT2D eigenvalue weighted by atomic mass is 35.5. The standard InChI is InChI=1S/C30H30FNO5S.ClH/c1-38(34,35)29-14-6-22(20-28(29)31)26-12-5-21-19-23(33)7-13-27(21)30(26)37-25-10-8-24(9-11-25)36-18-17-32-15-3-2-4-16-32;/h5-14,19-20,33H,2-4,15-18H2,1H3;1H. The molecule has 0 aliphatic carbocycles. The molecule has 1 heterocycles. The minimum atomic E-state index is -3.70. The largest absolute Gasteiger partial charge is 0.508 e. The molecule has 0 saturated carbocycles. The predicted octanol–water partition coefficient (Wildman–Crippen LogP) is 6.83. The summed E-state index contributed by atoms with van der Waals surface area (Å²) in [6, 6.07) is 19.8. The number of ether oxygens (including phenoxy) is 2. The lowest BCUT2D eigenvalue weighted by Gasteiger charge is -2.26. The summed E-state index contributed by atoms with van der Waals surface area (Å²) in [6.45, 7) is 3.77. The molecule has 1 N–H and O–H groups in total. The molecule has 4 aromatic rings. The van der Waals surface area contributed by atoms with Gasteiger partial charge in [-0.2, -0.15) is 0 Å². The molecule has 0 amide bonds. The van der Waals surface area contributed by atoms with Crippen molar-refractivity contribution in [1.29, 1.82) is 0 Å². The fourth-order valence-electron chi connectivity index (χ4n) is 4.79. The summed E-state index contributed by atoms with van der Waals surface area (Å²) in [5.74, 6) is 1.06. The lowest BCUT2D eigenvalue weighted by atomic mass is 9.99. The summed E-state index contributed by atoms with van der Waals surface area (Å²) in [5.41, 5.74) is 1.06. The molecule has 0 aromatic heterocycles. The van der Waals surface area contributed by atoms with E-state index in [0.29, 0.717) is 29.2 Å². The maximum atomic E-state index is 14.8. The van der Waals surface area contributed by atoms with E-state index in [1.54, 1.807) is 36.4 Å². The minimum absolute atomic E-state index is 0. The number of benzene rings is 4. The lowest BCUT2D eigenvalue weighted by molar-refractivity contribution is 0.183. The average Bonchev–Trinajstić information content (AvgIpc) is 2.89. The van der Waals surface area contributed by atoms with E-state index in [2.05, 4.69) is 4.90 Å². The molecular weight excluding hydrogens is 541 g/mol. The van der Waals surface area contributed by atoms with Gasteiger partial charge in [-0.25, -0.2) is 12.8 Å². The molecule has 1 fully saturated rings. The topological polar surface area (TPSA) is 76.1 Å². The zero-order chi connectivity index (χ0) is 26.7. The normalized spacial score (nSPS) is 14.1. The van der Waals surface area contributed by atoms with Crippen molar-refractivity contribution in [3.8, 4) is 34.1 Å². The van der Waals surface area contributed by atoms with Gasteiger partial charge in [-0.3, -0.25) is 4.90 Å². The van der Waals surface area contributed by atoms with Gasteiger partial charge in [-0.1, -0.05) is 18.6 Å². The van der Waals surface area contributed by atoms with E-state index < -0.39 is 15.7 Å². The summed E-state index contributed by atoms with van der Waals surface area (Å²) in [5, 5.41) is 11.4. The summed E-state index contributed by atoms with van der Waals surface area (Å²) >= 11 is 0. The van der Waals surface area contributed by atoms with Crippen molar-refractivity contribution in [3.63, 3.8) is 0 Å². The average molecular weight is 572 g/mol. The number of hydrogen-bond acceptors (Lipinski definition) is 6. The molecule has 206 valence electrons. The summed E-state index contributed by atoms with van der Waals surface area (Å²) in [7, 11) is -3.70. The third kappa shape index (κ3) is 6.82. The van der Waals surface area contributed by atoms with Crippen LogP contribution >= 0.6 is 12.4 Å². The van der Waals surface area contributed by atoms with Crippen LogP contribution in [-0.2, 0) is 9.84 Å². The van der Waals surface area contributed by atoms with Crippen LogP contribution in [0.2, 0.25) is 0 Å². The van der Waals surface area contributed by atoms with E-state index in [-0.39, 0.29) is 23.1 Å². The number of nitrogens with zero attached hydrogens (tertiary/aromatic N) is 1. The van der Waals surface area contributed by atoms with Crippen molar-refractivity contribution in [1.82, 2.24) is 4.90 Å². The number of sulfone groups is 1. The number of piperidine rings is 1. The fourth-order valence-corrected chi connectivity index (χ4v) is 5.52. The highest BCUT2D eigenvalue weighted by molar-refractivity contribution is 7.90.